The highest BCUT2D eigenvalue weighted by Crippen LogP contribution is 2.20. The lowest BCUT2D eigenvalue weighted by Gasteiger charge is -2.21. The minimum Gasteiger partial charge on any atom is -0.507 e. The van der Waals surface area contributed by atoms with Crippen molar-refractivity contribution in [3.63, 3.8) is 0 Å². The molecule has 0 aliphatic carbocycles. The molecule has 0 aliphatic rings. The van der Waals surface area contributed by atoms with Crippen LogP contribution >= 0.6 is 15.9 Å². The summed E-state index contributed by atoms with van der Waals surface area (Å²) < 4.78 is 0.827. The molecule has 6 nitrogen and oxygen atoms in total. The van der Waals surface area contributed by atoms with Gasteiger partial charge in [0.05, 0.1) is 12.8 Å². The van der Waals surface area contributed by atoms with Crippen LogP contribution in [-0.2, 0) is 11.3 Å². The second-order valence-electron chi connectivity index (χ2n) is 7.87. The predicted molar refractivity (Wildman–Crippen MR) is 126 cm³/mol. The van der Waals surface area contributed by atoms with E-state index in [1.165, 1.54) is 17.3 Å². The number of hydrogen-bond donors (Lipinski definition) is 2. The van der Waals surface area contributed by atoms with E-state index in [2.05, 4.69) is 76.5 Å². The van der Waals surface area contributed by atoms with Crippen LogP contribution in [0.4, 0.5) is 0 Å². The van der Waals surface area contributed by atoms with Gasteiger partial charge in [0.1, 0.15) is 5.75 Å². The highest BCUT2D eigenvalue weighted by molar-refractivity contribution is 9.10. The molecule has 1 amide bonds. The number of carbonyl (C=O) groups excluding carboxylic acids is 1. The van der Waals surface area contributed by atoms with Gasteiger partial charge in [-0.25, -0.2) is 5.43 Å². The molecule has 0 radical (unpaired) electrons. The zero-order valence-electron chi connectivity index (χ0n) is 18.1. The van der Waals surface area contributed by atoms with Crippen molar-refractivity contribution in [1.29, 1.82) is 0 Å². The molecular weight excluding hydrogens is 444 g/mol. The molecule has 0 heterocycles. The van der Waals surface area contributed by atoms with E-state index < -0.39 is 0 Å². The van der Waals surface area contributed by atoms with E-state index in [4.69, 9.17) is 0 Å². The zero-order valence-corrected chi connectivity index (χ0v) is 19.7. The highest BCUT2D eigenvalue weighted by atomic mass is 79.9. The van der Waals surface area contributed by atoms with Gasteiger partial charge in [0.15, 0.2) is 0 Å². The fourth-order valence-electron chi connectivity index (χ4n) is 2.90. The molecule has 0 unspecified atom stereocenters. The van der Waals surface area contributed by atoms with Crippen LogP contribution < -0.4 is 5.43 Å². The van der Waals surface area contributed by atoms with Crippen LogP contribution in [-0.4, -0.2) is 60.8 Å². The average Bonchev–Trinajstić information content (AvgIpc) is 2.69. The standard InChI is InChI=1S/C23H31BrN4O2/c1-17(2)19-7-5-18(6-8-19)15-27(3)11-12-28(4)16-23(30)26-25-14-20-13-21(24)9-10-22(20)29/h5-10,13-14,17,29H,11-12,15-16H2,1-4H3,(H,26,30)/b25-14+. The van der Waals surface area contributed by atoms with Crippen LogP contribution in [0.25, 0.3) is 0 Å². The molecule has 0 bridgehead atoms. The number of likely N-dealkylation sites (N-methyl/N-ethyl adjacent to an activating group) is 2. The normalized spacial score (nSPS) is 11.7. The molecule has 0 saturated heterocycles. The van der Waals surface area contributed by atoms with E-state index in [9.17, 15) is 9.90 Å². The van der Waals surface area contributed by atoms with Gasteiger partial charge in [-0.05, 0) is 49.3 Å². The Morgan fingerprint density at radius 2 is 1.80 bits per heavy atom. The molecule has 0 fully saturated rings. The molecule has 0 atom stereocenters. The molecule has 2 N–H and O–H groups in total. The molecular formula is C23H31BrN4O2. The van der Waals surface area contributed by atoms with Crippen LogP contribution in [0.2, 0.25) is 0 Å². The number of nitrogens with one attached hydrogen (secondary N) is 1. The molecule has 162 valence electrons. The van der Waals surface area contributed by atoms with Crippen LogP contribution in [0.3, 0.4) is 0 Å². The van der Waals surface area contributed by atoms with E-state index in [0.29, 0.717) is 11.5 Å². The van der Waals surface area contributed by atoms with E-state index in [1.54, 1.807) is 18.2 Å². The lowest BCUT2D eigenvalue weighted by atomic mass is 10.0. The summed E-state index contributed by atoms with van der Waals surface area (Å²) in [7, 11) is 3.99. The fourth-order valence-corrected chi connectivity index (χ4v) is 3.28. The number of carbonyl (C=O) groups is 1. The zero-order chi connectivity index (χ0) is 22.1. The summed E-state index contributed by atoms with van der Waals surface area (Å²) in [5.74, 6) is 0.450. The van der Waals surface area contributed by atoms with Crippen LogP contribution in [0, 0.1) is 0 Å². The molecule has 0 spiro atoms. The summed E-state index contributed by atoms with van der Waals surface area (Å²) in [6, 6.07) is 13.8. The SMILES string of the molecule is CC(C)c1ccc(CN(C)CCN(C)CC(=O)N/N=C/c2cc(Br)ccc2O)cc1. The maximum atomic E-state index is 12.1. The smallest absolute Gasteiger partial charge is 0.254 e. The van der Waals surface area contributed by atoms with E-state index in [0.717, 1.165) is 24.1 Å². The number of halogens is 1. The van der Waals surface area contributed by atoms with Crippen molar-refractivity contribution in [3.8, 4) is 5.75 Å². The van der Waals surface area contributed by atoms with Crippen LogP contribution in [0.1, 0.15) is 36.5 Å². The summed E-state index contributed by atoms with van der Waals surface area (Å²) >= 11 is 3.34. The molecule has 7 heteroatoms. The van der Waals surface area contributed by atoms with E-state index >= 15 is 0 Å². The number of aromatic hydroxyl groups is 1. The first-order chi connectivity index (χ1) is 14.2. The third-order valence-corrected chi connectivity index (χ3v) is 5.25. The minimum absolute atomic E-state index is 0.107. The Bertz CT molecular complexity index is 853. The molecule has 30 heavy (non-hydrogen) atoms. The van der Waals surface area contributed by atoms with Gasteiger partial charge in [0.25, 0.3) is 5.91 Å². The van der Waals surface area contributed by atoms with Gasteiger partial charge in [-0.1, -0.05) is 54.0 Å². The third kappa shape index (κ3) is 8.26. The van der Waals surface area contributed by atoms with Gasteiger partial charge in [0.2, 0.25) is 0 Å². The second kappa shape index (κ2) is 11.8. The molecule has 0 saturated carbocycles. The maximum absolute atomic E-state index is 12.1. The van der Waals surface area contributed by atoms with Crippen molar-refractivity contribution in [2.24, 2.45) is 5.10 Å². The van der Waals surface area contributed by atoms with Crippen molar-refractivity contribution in [2.45, 2.75) is 26.3 Å². The number of benzene rings is 2. The van der Waals surface area contributed by atoms with Crippen molar-refractivity contribution in [2.75, 3.05) is 33.7 Å². The lowest BCUT2D eigenvalue weighted by Crippen LogP contribution is -2.37. The monoisotopic (exact) mass is 474 g/mol. The fraction of sp³-hybridized carbons (Fsp3) is 0.391. The van der Waals surface area contributed by atoms with Crippen LogP contribution in [0.15, 0.2) is 52.0 Å². The molecule has 0 aromatic heterocycles. The predicted octanol–water partition coefficient (Wildman–Crippen LogP) is 3.79. The Balaban J connectivity index is 1.71. The van der Waals surface area contributed by atoms with Crippen LogP contribution in [0.5, 0.6) is 5.75 Å². The summed E-state index contributed by atoms with van der Waals surface area (Å²) in [4.78, 5) is 16.3. The van der Waals surface area contributed by atoms with Crippen molar-refractivity contribution in [3.05, 3.63) is 63.6 Å². The second-order valence-corrected chi connectivity index (χ2v) is 8.78. The Kier molecular flexibility index (Phi) is 9.49. The van der Waals surface area contributed by atoms with Crippen molar-refractivity contribution >= 4 is 28.1 Å². The number of phenolic OH excluding ortho intramolecular Hbond substituents is 1. The molecule has 2 rings (SSSR count). The Labute approximate surface area is 187 Å². The van der Waals surface area contributed by atoms with Gasteiger partial charge in [-0.2, -0.15) is 5.10 Å². The number of phenols is 1. The molecule has 2 aromatic rings. The summed E-state index contributed by atoms with van der Waals surface area (Å²) in [5, 5.41) is 13.7. The summed E-state index contributed by atoms with van der Waals surface area (Å²) in [6.07, 6.45) is 1.43. The number of hydrazone groups is 1. The Morgan fingerprint density at radius 3 is 2.47 bits per heavy atom. The first-order valence-corrected chi connectivity index (χ1v) is 10.8. The first-order valence-electron chi connectivity index (χ1n) is 10.0. The number of amides is 1. The number of rotatable bonds is 10. The number of nitrogens with zero attached hydrogens (tertiary/aromatic N) is 3. The van der Waals surface area contributed by atoms with E-state index in [-0.39, 0.29) is 18.2 Å². The quantitative estimate of drug-likeness (QED) is 0.405. The van der Waals surface area contributed by atoms with Crippen molar-refractivity contribution in [1.82, 2.24) is 15.2 Å². The van der Waals surface area contributed by atoms with Gasteiger partial charge in [-0.3, -0.25) is 9.69 Å². The van der Waals surface area contributed by atoms with E-state index in [1.807, 2.05) is 11.9 Å². The number of hydrogen-bond acceptors (Lipinski definition) is 5. The Hall–Kier alpha value is -2.22. The average molecular weight is 475 g/mol. The van der Waals surface area contributed by atoms with Gasteiger partial charge in [0, 0.05) is 29.7 Å². The van der Waals surface area contributed by atoms with Crippen molar-refractivity contribution < 1.29 is 9.90 Å². The first kappa shape index (κ1) is 24.1. The Morgan fingerprint density at radius 1 is 1.13 bits per heavy atom. The summed E-state index contributed by atoms with van der Waals surface area (Å²) in [5.41, 5.74) is 5.66. The molecule has 2 aromatic carbocycles. The molecule has 0 aliphatic heterocycles. The minimum atomic E-state index is -0.199. The maximum Gasteiger partial charge on any atom is 0.254 e. The van der Waals surface area contributed by atoms with Gasteiger partial charge < -0.3 is 10.0 Å². The van der Waals surface area contributed by atoms with Gasteiger partial charge in [-0.15, -0.1) is 0 Å². The topological polar surface area (TPSA) is 68.2 Å². The lowest BCUT2D eigenvalue weighted by molar-refractivity contribution is -0.121. The third-order valence-electron chi connectivity index (χ3n) is 4.76. The highest BCUT2D eigenvalue weighted by Gasteiger charge is 2.08. The summed E-state index contributed by atoms with van der Waals surface area (Å²) in [6.45, 7) is 7.14. The largest absolute Gasteiger partial charge is 0.507 e. The van der Waals surface area contributed by atoms with Gasteiger partial charge >= 0.3 is 0 Å².